The second-order valence-electron chi connectivity index (χ2n) is 2.61. The molecule has 0 radical (unpaired) electrons. The van der Waals surface area contributed by atoms with Crippen LogP contribution in [-0.2, 0) is 0 Å². The molecule has 0 aromatic heterocycles. The van der Waals surface area contributed by atoms with Crippen molar-refractivity contribution in [2.75, 3.05) is 13.1 Å². The fourth-order valence-electron chi connectivity index (χ4n) is 1.04. The summed E-state index contributed by atoms with van der Waals surface area (Å²) in [5.41, 5.74) is 0. The summed E-state index contributed by atoms with van der Waals surface area (Å²) in [6.45, 7) is 3.97. The molecule has 1 nitrogen and oxygen atoms in total. The summed E-state index contributed by atoms with van der Waals surface area (Å²) in [6.07, 6.45) is 2.20. The first kappa shape index (κ1) is 7.00. The predicted octanol–water partition coefficient (Wildman–Crippen LogP) is 1.79. The molecule has 1 unspecified atom stereocenters. The van der Waals surface area contributed by atoms with Crippen LogP contribution < -0.4 is 0 Å². The van der Waals surface area contributed by atoms with Crippen molar-refractivity contribution in [2.24, 2.45) is 0 Å². The Labute approximate surface area is 55.8 Å². The summed E-state index contributed by atoms with van der Waals surface area (Å²) < 4.78 is 12.8. The highest BCUT2D eigenvalue weighted by Gasteiger charge is 2.21. The van der Waals surface area contributed by atoms with Crippen LogP contribution in [0.2, 0.25) is 0 Å². The van der Waals surface area contributed by atoms with Crippen molar-refractivity contribution in [1.82, 2.24) is 4.90 Å². The van der Waals surface area contributed by atoms with Gasteiger partial charge in [-0.1, -0.05) is 13.3 Å². The maximum atomic E-state index is 12.8. The molecule has 1 atom stereocenters. The van der Waals surface area contributed by atoms with E-state index in [-0.39, 0.29) is 0 Å². The van der Waals surface area contributed by atoms with Crippen molar-refractivity contribution < 1.29 is 4.39 Å². The molecule has 0 aliphatic carbocycles. The molecule has 1 saturated heterocycles. The standard InChI is InChI=1S/C7H14FN/c1-2-4-7(8)9-5-3-6-9/h7H,2-6H2,1H3. The van der Waals surface area contributed by atoms with E-state index in [1.165, 1.54) is 6.42 Å². The average Bonchev–Trinajstić information content (AvgIpc) is 1.60. The Morgan fingerprint density at radius 3 is 2.56 bits per heavy atom. The van der Waals surface area contributed by atoms with Crippen LogP contribution in [0.25, 0.3) is 0 Å². The number of halogens is 1. The Kier molecular flexibility index (Phi) is 2.46. The van der Waals surface area contributed by atoms with Crippen molar-refractivity contribution in [3.63, 3.8) is 0 Å². The molecular weight excluding hydrogens is 117 g/mol. The number of likely N-dealkylation sites (tertiary alicyclic amines) is 1. The van der Waals surface area contributed by atoms with Crippen molar-refractivity contribution >= 4 is 0 Å². The molecule has 0 bridgehead atoms. The fourth-order valence-corrected chi connectivity index (χ4v) is 1.04. The summed E-state index contributed by atoms with van der Waals surface area (Å²) >= 11 is 0. The highest BCUT2D eigenvalue weighted by Crippen LogP contribution is 2.15. The molecule has 1 rings (SSSR count). The van der Waals surface area contributed by atoms with Crippen molar-refractivity contribution in [3.8, 4) is 0 Å². The number of nitrogens with zero attached hydrogens (tertiary/aromatic N) is 1. The average molecular weight is 131 g/mol. The maximum Gasteiger partial charge on any atom is 0.153 e. The van der Waals surface area contributed by atoms with Gasteiger partial charge >= 0.3 is 0 Å². The first-order valence-electron chi connectivity index (χ1n) is 3.72. The third-order valence-electron chi connectivity index (χ3n) is 1.81. The third-order valence-corrected chi connectivity index (χ3v) is 1.81. The Hall–Kier alpha value is -0.110. The van der Waals surface area contributed by atoms with Gasteiger partial charge in [0.25, 0.3) is 0 Å². The van der Waals surface area contributed by atoms with E-state index in [1.54, 1.807) is 0 Å². The van der Waals surface area contributed by atoms with Crippen LogP contribution in [-0.4, -0.2) is 24.3 Å². The summed E-state index contributed by atoms with van der Waals surface area (Å²) in [6, 6.07) is 0. The fraction of sp³-hybridized carbons (Fsp3) is 1.00. The first-order valence-corrected chi connectivity index (χ1v) is 3.72. The summed E-state index contributed by atoms with van der Waals surface area (Å²) in [5, 5.41) is 0. The number of hydrogen-bond acceptors (Lipinski definition) is 1. The lowest BCUT2D eigenvalue weighted by Crippen LogP contribution is -2.42. The van der Waals surface area contributed by atoms with Crippen LogP contribution >= 0.6 is 0 Å². The van der Waals surface area contributed by atoms with Gasteiger partial charge in [0.1, 0.15) is 0 Å². The zero-order valence-electron chi connectivity index (χ0n) is 5.94. The van der Waals surface area contributed by atoms with E-state index in [2.05, 4.69) is 0 Å². The molecule has 1 heterocycles. The Morgan fingerprint density at radius 2 is 2.22 bits per heavy atom. The van der Waals surface area contributed by atoms with Crippen LogP contribution in [0, 0.1) is 0 Å². The monoisotopic (exact) mass is 131 g/mol. The normalized spacial score (nSPS) is 23.3. The largest absolute Gasteiger partial charge is 0.274 e. The Morgan fingerprint density at radius 1 is 1.56 bits per heavy atom. The van der Waals surface area contributed by atoms with Crippen LogP contribution in [0.5, 0.6) is 0 Å². The summed E-state index contributed by atoms with van der Waals surface area (Å²) in [4.78, 5) is 1.89. The Bertz CT molecular complexity index is 81.0. The molecule has 0 amide bonds. The highest BCUT2D eigenvalue weighted by atomic mass is 19.1. The zero-order chi connectivity index (χ0) is 6.69. The van der Waals surface area contributed by atoms with E-state index in [1.807, 2.05) is 11.8 Å². The van der Waals surface area contributed by atoms with E-state index in [4.69, 9.17) is 0 Å². The van der Waals surface area contributed by atoms with Crippen LogP contribution in [0.3, 0.4) is 0 Å². The van der Waals surface area contributed by atoms with Gasteiger partial charge in [-0.05, 0) is 12.8 Å². The second-order valence-corrected chi connectivity index (χ2v) is 2.61. The predicted molar refractivity (Wildman–Crippen MR) is 36.0 cm³/mol. The Balaban J connectivity index is 2.08. The number of alkyl halides is 1. The van der Waals surface area contributed by atoms with Crippen molar-refractivity contribution in [3.05, 3.63) is 0 Å². The van der Waals surface area contributed by atoms with Gasteiger partial charge in [-0.3, -0.25) is 4.90 Å². The number of rotatable bonds is 3. The van der Waals surface area contributed by atoms with Gasteiger partial charge in [-0.15, -0.1) is 0 Å². The summed E-state index contributed by atoms with van der Waals surface area (Å²) in [5.74, 6) is 0. The second kappa shape index (κ2) is 3.16. The molecule has 1 aliphatic rings. The van der Waals surface area contributed by atoms with Crippen LogP contribution in [0.1, 0.15) is 26.2 Å². The molecule has 0 aromatic rings. The highest BCUT2D eigenvalue weighted by molar-refractivity contribution is 4.70. The molecule has 2 heteroatoms. The lowest BCUT2D eigenvalue weighted by molar-refractivity contribution is 0.0238. The van der Waals surface area contributed by atoms with Crippen LogP contribution in [0.4, 0.5) is 4.39 Å². The molecule has 0 N–H and O–H groups in total. The van der Waals surface area contributed by atoms with Gasteiger partial charge in [0.2, 0.25) is 0 Å². The molecule has 9 heavy (non-hydrogen) atoms. The molecule has 54 valence electrons. The first-order chi connectivity index (χ1) is 4.34. The van der Waals surface area contributed by atoms with E-state index < -0.39 is 6.30 Å². The minimum atomic E-state index is -0.649. The van der Waals surface area contributed by atoms with Gasteiger partial charge in [-0.2, -0.15) is 0 Å². The topological polar surface area (TPSA) is 3.24 Å². The SMILES string of the molecule is CCCC(F)N1CCC1. The van der Waals surface area contributed by atoms with E-state index in [0.29, 0.717) is 6.42 Å². The lowest BCUT2D eigenvalue weighted by atomic mass is 10.2. The quantitative estimate of drug-likeness (QED) is 0.528. The van der Waals surface area contributed by atoms with Crippen molar-refractivity contribution in [1.29, 1.82) is 0 Å². The van der Waals surface area contributed by atoms with Crippen LogP contribution in [0.15, 0.2) is 0 Å². The van der Waals surface area contributed by atoms with Gasteiger partial charge < -0.3 is 0 Å². The molecule has 0 spiro atoms. The van der Waals surface area contributed by atoms with E-state index in [0.717, 1.165) is 19.5 Å². The van der Waals surface area contributed by atoms with Crippen molar-refractivity contribution in [2.45, 2.75) is 32.5 Å². The molecule has 0 aromatic carbocycles. The lowest BCUT2D eigenvalue weighted by Gasteiger charge is -2.33. The molecule has 1 aliphatic heterocycles. The molecule has 1 fully saturated rings. The van der Waals surface area contributed by atoms with Gasteiger partial charge in [0.15, 0.2) is 6.30 Å². The minimum Gasteiger partial charge on any atom is -0.274 e. The zero-order valence-corrected chi connectivity index (χ0v) is 5.94. The molecular formula is C7H14FN. The van der Waals surface area contributed by atoms with E-state index >= 15 is 0 Å². The van der Waals surface area contributed by atoms with Gasteiger partial charge in [0, 0.05) is 13.1 Å². The maximum absolute atomic E-state index is 12.8. The molecule has 0 saturated carbocycles. The van der Waals surface area contributed by atoms with E-state index in [9.17, 15) is 4.39 Å². The minimum absolute atomic E-state index is 0.649. The van der Waals surface area contributed by atoms with Gasteiger partial charge in [0.05, 0.1) is 0 Å². The number of hydrogen-bond donors (Lipinski definition) is 0. The smallest absolute Gasteiger partial charge is 0.153 e. The van der Waals surface area contributed by atoms with Gasteiger partial charge in [-0.25, -0.2) is 4.39 Å². The third kappa shape index (κ3) is 1.65. The summed E-state index contributed by atoms with van der Waals surface area (Å²) in [7, 11) is 0.